The zero-order valence-electron chi connectivity index (χ0n) is 10.5. The number of amides is 2. The first-order chi connectivity index (χ1) is 9.15. The first-order valence-electron chi connectivity index (χ1n) is 5.92. The highest BCUT2D eigenvalue weighted by Gasteiger charge is 2.38. The molecule has 5 nitrogen and oxygen atoms in total. The normalized spacial score (nSPS) is 16.3. The Balaban J connectivity index is 2.25. The molecule has 0 saturated carbocycles. The third kappa shape index (κ3) is 2.52. The molecular formula is C14H14N2O3. The minimum absolute atomic E-state index is 0.209. The molecule has 1 aromatic rings. The number of carboxylic acids is 1. The fraction of sp³-hybridized carbons (Fsp3) is 0.286. The number of fused-ring (bicyclic) bond motifs is 1. The number of nitrogens with one attached hydrogen (secondary N) is 1. The summed E-state index contributed by atoms with van der Waals surface area (Å²) in [6.45, 7) is 1.89. The van der Waals surface area contributed by atoms with Crippen molar-refractivity contribution in [2.24, 2.45) is 0 Å². The molecule has 1 aromatic carbocycles. The van der Waals surface area contributed by atoms with Crippen molar-refractivity contribution in [2.45, 2.75) is 19.4 Å². The lowest BCUT2D eigenvalue weighted by atomic mass is 10.1. The van der Waals surface area contributed by atoms with E-state index < -0.39 is 18.0 Å². The number of nitrogens with zero attached hydrogens (tertiary/aromatic N) is 1. The maximum atomic E-state index is 12.1. The molecule has 1 aliphatic rings. The van der Waals surface area contributed by atoms with Crippen molar-refractivity contribution in [3.63, 3.8) is 0 Å². The van der Waals surface area contributed by atoms with E-state index in [1.165, 1.54) is 4.90 Å². The van der Waals surface area contributed by atoms with Crippen LogP contribution >= 0.6 is 0 Å². The molecule has 0 radical (unpaired) electrons. The van der Waals surface area contributed by atoms with Crippen LogP contribution in [0.3, 0.4) is 0 Å². The van der Waals surface area contributed by atoms with Crippen LogP contribution in [0.15, 0.2) is 24.3 Å². The van der Waals surface area contributed by atoms with Gasteiger partial charge in [0.05, 0.1) is 6.54 Å². The number of hydrogen-bond acceptors (Lipinski definition) is 2. The summed E-state index contributed by atoms with van der Waals surface area (Å²) in [6.07, 6.45) is 0.332. The zero-order chi connectivity index (χ0) is 13.8. The Morgan fingerprint density at radius 3 is 2.89 bits per heavy atom. The van der Waals surface area contributed by atoms with Crippen molar-refractivity contribution >= 4 is 17.7 Å². The van der Waals surface area contributed by atoms with Crippen molar-refractivity contribution < 1.29 is 14.7 Å². The number of carbonyl (C=O) groups is 2. The molecule has 0 spiro atoms. The van der Waals surface area contributed by atoms with E-state index in [0.717, 1.165) is 5.56 Å². The summed E-state index contributed by atoms with van der Waals surface area (Å²) < 4.78 is 0. The molecule has 98 valence electrons. The van der Waals surface area contributed by atoms with Crippen molar-refractivity contribution in [1.29, 1.82) is 0 Å². The van der Waals surface area contributed by atoms with Crippen molar-refractivity contribution in [2.75, 3.05) is 11.4 Å². The van der Waals surface area contributed by atoms with Gasteiger partial charge >= 0.3 is 12.0 Å². The van der Waals surface area contributed by atoms with Gasteiger partial charge in [-0.3, -0.25) is 4.90 Å². The zero-order valence-corrected chi connectivity index (χ0v) is 10.5. The molecule has 0 aromatic heterocycles. The first-order valence-corrected chi connectivity index (χ1v) is 5.92. The summed E-state index contributed by atoms with van der Waals surface area (Å²) in [5.74, 6) is 4.38. The average Bonchev–Trinajstić information content (AvgIpc) is 2.78. The minimum Gasteiger partial charge on any atom is -0.480 e. The Hall–Kier alpha value is -2.48. The fourth-order valence-electron chi connectivity index (χ4n) is 2.13. The average molecular weight is 258 g/mol. The standard InChI is InChI=1S/C14H14N2O3/c1-2-3-8-15-14(19)16-11-7-5-4-6-10(11)9-12(16)13(17)18/h4-7,12H,8-9H2,1H3,(H,15,19)(H,17,18). The number of aliphatic carboxylic acids is 1. The number of rotatable bonds is 2. The van der Waals surface area contributed by atoms with Crippen molar-refractivity contribution in [3.8, 4) is 11.8 Å². The second-order valence-electron chi connectivity index (χ2n) is 4.14. The van der Waals surface area contributed by atoms with E-state index in [0.29, 0.717) is 12.1 Å². The Labute approximate surface area is 111 Å². The maximum absolute atomic E-state index is 12.1. The molecule has 1 aliphatic heterocycles. The molecule has 0 aliphatic carbocycles. The topological polar surface area (TPSA) is 69.6 Å². The van der Waals surface area contributed by atoms with E-state index in [1.807, 2.05) is 12.1 Å². The molecule has 2 N–H and O–H groups in total. The second kappa shape index (κ2) is 5.44. The van der Waals surface area contributed by atoms with Crippen LogP contribution in [0, 0.1) is 11.8 Å². The highest BCUT2D eigenvalue weighted by Crippen LogP contribution is 2.31. The van der Waals surface area contributed by atoms with Crippen LogP contribution in [-0.4, -0.2) is 29.7 Å². The highest BCUT2D eigenvalue weighted by molar-refractivity contribution is 6.01. The number of benzene rings is 1. The van der Waals surface area contributed by atoms with Gasteiger partial charge in [-0.2, -0.15) is 0 Å². The maximum Gasteiger partial charge on any atom is 0.327 e. The van der Waals surface area contributed by atoms with E-state index in [1.54, 1.807) is 19.1 Å². The van der Waals surface area contributed by atoms with E-state index in [4.69, 9.17) is 0 Å². The predicted octanol–water partition coefficient (Wildman–Crippen LogP) is 1.24. The van der Waals surface area contributed by atoms with Crippen LogP contribution < -0.4 is 10.2 Å². The van der Waals surface area contributed by atoms with Gasteiger partial charge < -0.3 is 10.4 Å². The number of urea groups is 1. The van der Waals surface area contributed by atoms with Gasteiger partial charge in [0.15, 0.2) is 0 Å². The van der Waals surface area contributed by atoms with Crippen LogP contribution in [-0.2, 0) is 11.2 Å². The first kappa shape index (κ1) is 13.0. The predicted molar refractivity (Wildman–Crippen MR) is 70.9 cm³/mol. The van der Waals surface area contributed by atoms with E-state index >= 15 is 0 Å². The summed E-state index contributed by atoms with van der Waals surface area (Å²) in [4.78, 5) is 24.6. The molecule has 2 rings (SSSR count). The number of carboxylic acid groups (broad SMARTS) is 1. The molecular weight excluding hydrogens is 244 g/mol. The largest absolute Gasteiger partial charge is 0.480 e. The molecule has 0 saturated heterocycles. The van der Waals surface area contributed by atoms with E-state index in [-0.39, 0.29) is 6.54 Å². The fourth-order valence-corrected chi connectivity index (χ4v) is 2.13. The van der Waals surface area contributed by atoms with E-state index in [2.05, 4.69) is 17.2 Å². The molecule has 1 heterocycles. The molecule has 2 amide bonds. The van der Waals surface area contributed by atoms with Gasteiger partial charge in [0.25, 0.3) is 0 Å². The summed E-state index contributed by atoms with van der Waals surface area (Å²) >= 11 is 0. The molecule has 1 unspecified atom stereocenters. The quantitative estimate of drug-likeness (QED) is 0.784. The van der Waals surface area contributed by atoms with Gasteiger partial charge in [-0.05, 0) is 18.6 Å². The van der Waals surface area contributed by atoms with Crippen LogP contribution in [0.1, 0.15) is 12.5 Å². The lowest BCUT2D eigenvalue weighted by molar-refractivity contribution is -0.138. The van der Waals surface area contributed by atoms with E-state index in [9.17, 15) is 14.7 Å². The Bertz CT molecular complexity index is 572. The minimum atomic E-state index is -1.01. The Morgan fingerprint density at radius 2 is 2.21 bits per heavy atom. The van der Waals surface area contributed by atoms with Gasteiger partial charge in [0.1, 0.15) is 6.04 Å². The van der Waals surface area contributed by atoms with Crippen LogP contribution in [0.25, 0.3) is 0 Å². The van der Waals surface area contributed by atoms with Crippen LogP contribution in [0.2, 0.25) is 0 Å². The lowest BCUT2D eigenvalue weighted by Gasteiger charge is -2.22. The van der Waals surface area contributed by atoms with Crippen molar-refractivity contribution in [1.82, 2.24) is 5.32 Å². The lowest BCUT2D eigenvalue weighted by Crippen LogP contribution is -2.48. The van der Waals surface area contributed by atoms with Crippen LogP contribution in [0.5, 0.6) is 0 Å². The number of anilines is 1. The third-order valence-corrected chi connectivity index (χ3v) is 2.98. The summed E-state index contributed by atoms with van der Waals surface area (Å²) in [5, 5.41) is 11.8. The number of para-hydroxylation sites is 1. The van der Waals surface area contributed by atoms with Gasteiger partial charge in [-0.1, -0.05) is 24.1 Å². The summed E-state index contributed by atoms with van der Waals surface area (Å²) in [5.41, 5.74) is 1.52. The van der Waals surface area contributed by atoms with Crippen molar-refractivity contribution in [3.05, 3.63) is 29.8 Å². The third-order valence-electron chi connectivity index (χ3n) is 2.98. The Morgan fingerprint density at radius 1 is 1.47 bits per heavy atom. The smallest absolute Gasteiger partial charge is 0.327 e. The molecule has 5 heteroatoms. The van der Waals surface area contributed by atoms with Gasteiger partial charge in [0.2, 0.25) is 0 Å². The highest BCUT2D eigenvalue weighted by atomic mass is 16.4. The molecule has 0 fully saturated rings. The summed E-state index contributed by atoms with van der Waals surface area (Å²) in [7, 11) is 0. The van der Waals surface area contributed by atoms with Gasteiger partial charge in [0, 0.05) is 12.1 Å². The monoisotopic (exact) mass is 258 g/mol. The summed E-state index contributed by atoms with van der Waals surface area (Å²) in [6, 6.07) is 5.93. The molecule has 19 heavy (non-hydrogen) atoms. The molecule has 1 atom stereocenters. The van der Waals surface area contributed by atoms with Crippen LogP contribution in [0.4, 0.5) is 10.5 Å². The SMILES string of the molecule is CC#CCNC(=O)N1c2ccccc2CC1C(=O)O. The Kier molecular flexibility index (Phi) is 3.71. The van der Waals surface area contributed by atoms with Gasteiger partial charge in [-0.25, -0.2) is 9.59 Å². The number of carbonyl (C=O) groups excluding carboxylic acids is 1. The second-order valence-corrected chi connectivity index (χ2v) is 4.14. The number of hydrogen-bond donors (Lipinski definition) is 2. The molecule has 0 bridgehead atoms. The van der Waals surface area contributed by atoms with Gasteiger partial charge in [-0.15, -0.1) is 5.92 Å².